The van der Waals surface area contributed by atoms with Gasteiger partial charge in [-0.3, -0.25) is 14.3 Å². The number of amides is 2. The molecule has 3 heterocycles. The smallest absolute Gasteiger partial charge is 0.257 e. The molecular formula is C21H26N4O3. The first-order valence-corrected chi connectivity index (χ1v) is 9.92. The Morgan fingerprint density at radius 1 is 1.32 bits per heavy atom. The maximum absolute atomic E-state index is 13.0. The predicted molar refractivity (Wildman–Crippen MR) is 105 cm³/mol. The van der Waals surface area contributed by atoms with Gasteiger partial charge in [0.2, 0.25) is 0 Å². The maximum atomic E-state index is 13.0. The molecule has 0 bridgehead atoms. The van der Waals surface area contributed by atoms with Gasteiger partial charge in [-0.25, -0.2) is 0 Å². The largest absolute Gasteiger partial charge is 0.368 e. The number of hydrogen-bond acceptors (Lipinski definition) is 4. The van der Waals surface area contributed by atoms with Gasteiger partial charge in [0.25, 0.3) is 11.8 Å². The van der Waals surface area contributed by atoms with Crippen LogP contribution in [-0.2, 0) is 29.0 Å². The summed E-state index contributed by atoms with van der Waals surface area (Å²) in [5.41, 5.74) is 4.61. The van der Waals surface area contributed by atoms with Gasteiger partial charge >= 0.3 is 0 Å². The molecule has 0 unspecified atom stereocenters. The summed E-state index contributed by atoms with van der Waals surface area (Å²) in [6.07, 6.45) is 3.81. The molecule has 1 N–H and O–H groups in total. The van der Waals surface area contributed by atoms with Crippen molar-refractivity contribution in [1.82, 2.24) is 14.7 Å². The molecule has 28 heavy (non-hydrogen) atoms. The van der Waals surface area contributed by atoms with Crippen LogP contribution in [-0.4, -0.2) is 45.8 Å². The number of nitrogens with one attached hydrogen (secondary N) is 1. The van der Waals surface area contributed by atoms with Crippen molar-refractivity contribution in [1.29, 1.82) is 0 Å². The number of carbonyl (C=O) groups excluding carboxylic acids is 2. The molecule has 1 aromatic heterocycles. The molecule has 2 amide bonds. The molecule has 0 radical (unpaired) electrons. The summed E-state index contributed by atoms with van der Waals surface area (Å²) >= 11 is 0. The Labute approximate surface area is 164 Å². The third-order valence-electron chi connectivity index (χ3n) is 5.63. The Hall–Kier alpha value is -2.67. The lowest BCUT2D eigenvalue weighted by molar-refractivity contribution is -0.124. The normalized spacial score (nSPS) is 18.8. The summed E-state index contributed by atoms with van der Waals surface area (Å²) in [6.45, 7) is 6.56. The number of benzene rings is 1. The van der Waals surface area contributed by atoms with E-state index in [2.05, 4.69) is 10.4 Å². The average molecular weight is 382 g/mol. The van der Waals surface area contributed by atoms with E-state index >= 15 is 0 Å². The molecule has 0 aliphatic carbocycles. The number of aryl methyl sites for hydroxylation is 1. The first kappa shape index (κ1) is 18.7. The second-order valence-electron chi connectivity index (χ2n) is 7.41. The summed E-state index contributed by atoms with van der Waals surface area (Å²) < 4.78 is 7.28. The fraction of sp³-hybridized carbons (Fsp3) is 0.476. The molecule has 0 saturated carbocycles. The summed E-state index contributed by atoms with van der Waals surface area (Å²) in [6, 6.07) is 5.95. The number of ether oxygens (including phenoxy) is 1. The molecule has 4 rings (SSSR count). The van der Waals surface area contributed by atoms with Gasteiger partial charge in [-0.1, -0.05) is 6.07 Å². The Morgan fingerprint density at radius 3 is 2.89 bits per heavy atom. The lowest BCUT2D eigenvalue weighted by atomic mass is 9.98. The number of rotatable bonds is 4. The zero-order valence-electron chi connectivity index (χ0n) is 16.4. The highest BCUT2D eigenvalue weighted by Crippen LogP contribution is 2.25. The van der Waals surface area contributed by atoms with Crippen molar-refractivity contribution >= 4 is 17.5 Å². The summed E-state index contributed by atoms with van der Waals surface area (Å²) in [7, 11) is 0. The zero-order chi connectivity index (χ0) is 19.7. The van der Waals surface area contributed by atoms with Crippen molar-refractivity contribution in [3.8, 4) is 0 Å². The Bertz CT molecular complexity index is 899. The highest BCUT2D eigenvalue weighted by atomic mass is 16.5. The number of anilines is 1. The quantitative estimate of drug-likeness (QED) is 0.882. The van der Waals surface area contributed by atoms with E-state index in [-0.39, 0.29) is 17.9 Å². The molecule has 1 aromatic carbocycles. The summed E-state index contributed by atoms with van der Waals surface area (Å²) in [5.74, 6) is -0.0829. The van der Waals surface area contributed by atoms with E-state index in [0.717, 1.165) is 42.8 Å². The van der Waals surface area contributed by atoms with Gasteiger partial charge < -0.3 is 15.0 Å². The van der Waals surface area contributed by atoms with Gasteiger partial charge in [0.05, 0.1) is 11.8 Å². The fourth-order valence-electron chi connectivity index (χ4n) is 3.96. The van der Waals surface area contributed by atoms with Crippen LogP contribution in [0.4, 0.5) is 5.69 Å². The molecule has 1 saturated heterocycles. The van der Waals surface area contributed by atoms with E-state index in [4.69, 9.17) is 4.74 Å². The first-order valence-electron chi connectivity index (χ1n) is 9.92. The Morgan fingerprint density at radius 2 is 2.18 bits per heavy atom. The van der Waals surface area contributed by atoms with Crippen LogP contribution in [0.5, 0.6) is 0 Å². The van der Waals surface area contributed by atoms with Crippen LogP contribution in [0.1, 0.15) is 46.9 Å². The minimum absolute atomic E-state index is 0.0108. The van der Waals surface area contributed by atoms with E-state index in [9.17, 15) is 9.59 Å². The number of carbonyl (C=O) groups is 2. The molecule has 148 valence electrons. The third kappa shape index (κ3) is 3.54. The van der Waals surface area contributed by atoms with Crippen LogP contribution in [0.2, 0.25) is 0 Å². The lowest BCUT2D eigenvalue weighted by Gasteiger charge is -2.29. The molecule has 2 aliphatic heterocycles. The van der Waals surface area contributed by atoms with Gasteiger partial charge in [-0.2, -0.15) is 5.10 Å². The molecule has 7 nitrogen and oxygen atoms in total. The molecule has 2 aliphatic rings. The van der Waals surface area contributed by atoms with Crippen molar-refractivity contribution in [2.75, 3.05) is 18.5 Å². The Balaban J connectivity index is 1.48. The standard InChI is InChI=1S/C21H26N4O3/c1-3-25-14(2)18(12-22-25)21(27)24-9-8-15-6-7-17(11-16(15)13-24)23-20(26)19-5-4-10-28-19/h6-7,11-12,19H,3-5,8-10,13H2,1-2H3,(H,23,26)/t19-/m1/s1. The molecule has 1 fully saturated rings. The number of nitrogens with zero attached hydrogens (tertiary/aromatic N) is 3. The minimum Gasteiger partial charge on any atom is -0.368 e. The molecule has 7 heteroatoms. The van der Waals surface area contributed by atoms with Gasteiger partial charge in [-0.05, 0) is 56.4 Å². The van der Waals surface area contributed by atoms with Crippen LogP contribution in [0.25, 0.3) is 0 Å². The lowest BCUT2D eigenvalue weighted by Crippen LogP contribution is -2.36. The van der Waals surface area contributed by atoms with Crippen LogP contribution >= 0.6 is 0 Å². The maximum Gasteiger partial charge on any atom is 0.257 e. The summed E-state index contributed by atoms with van der Waals surface area (Å²) in [5, 5.41) is 7.24. The van der Waals surface area contributed by atoms with E-state index in [1.54, 1.807) is 6.20 Å². The van der Waals surface area contributed by atoms with E-state index in [1.807, 2.05) is 41.6 Å². The van der Waals surface area contributed by atoms with Crippen LogP contribution in [0.15, 0.2) is 24.4 Å². The van der Waals surface area contributed by atoms with Gasteiger partial charge in [0.15, 0.2) is 0 Å². The van der Waals surface area contributed by atoms with Crippen molar-refractivity contribution in [3.05, 3.63) is 46.8 Å². The second kappa shape index (κ2) is 7.75. The highest BCUT2D eigenvalue weighted by molar-refractivity contribution is 5.96. The number of aromatic nitrogens is 2. The molecule has 2 aromatic rings. The monoisotopic (exact) mass is 382 g/mol. The van der Waals surface area contributed by atoms with Gasteiger partial charge in [-0.15, -0.1) is 0 Å². The second-order valence-corrected chi connectivity index (χ2v) is 7.41. The van der Waals surface area contributed by atoms with Crippen molar-refractivity contribution in [2.24, 2.45) is 0 Å². The van der Waals surface area contributed by atoms with Crippen molar-refractivity contribution < 1.29 is 14.3 Å². The van der Waals surface area contributed by atoms with E-state index in [1.165, 1.54) is 5.56 Å². The van der Waals surface area contributed by atoms with Crippen LogP contribution in [0.3, 0.4) is 0 Å². The van der Waals surface area contributed by atoms with Gasteiger partial charge in [0, 0.05) is 37.6 Å². The topological polar surface area (TPSA) is 76.5 Å². The minimum atomic E-state index is -0.354. The Kier molecular flexibility index (Phi) is 5.17. The molecule has 1 atom stereocenters. The van der Waals surface area contributed by atoms with Crippen LogP contribution in [0, 0.1) is 6.92 Å². The number of fused-ring (bicyclic) bond motifs is 1. The predicted octanol–water partition coefficient (Wildman–Crippen LogP) is 2.53. The summed E-state index contributed by atoms with van der Waals surface area (Å²) in [4.78, 5) is 27.1. The van der Waals surface area contributed by atoms with Gasteiger partial charge in [0.1, 0.15) is 6.10 Å². The van der Waals surface area contributed by atoms with Crippen molar-refractivity contribution in [2.45, 2.75) is 52.3 Å². The first-order chi connectivity index (χ1) is 13.6. The molecular weight excluding hydrogens is 356 g/mol. The molecule has 0 spiro atoms. The van der Waals surface area contributed by atoms with E-state index < -0.39 is 0 Å². The fourth-order valence-corrected chi connectivity index (χ4v) is 3.96. The zero-order valence-corrected chi connectivity index (χ0v) is 16.4. The highest BCUT2D eigenvalue weighted by Gasteiger charge is 2.26. The third-order valence-corrected chi connectivity index (χ3v) is 5.63. The van der Waals surface area contributed by atoms with Crippen LogP contribution < -0.4 is 5.32 Å². The van der Waals surface area contributed by atoms with Crippen molar-refractivity contribution in [3.63, 3.8) is 0 Å². The van der Waals surface area contributed by atoms with E-state index in [0.29, 0.717) is 25.3 Å². The number of hydrogen-bond donors (Lipinski definition) is 1. The SMILES string of the molecule is CCn1ncc(C(=O)N2CCc3ccc(NC(=O)[C@H]4CCCO4)cc3C2)c1C. The average Bonchev–Trinajstić information content (AvgIpc) is 3.36.